The summed E-state index contributed by atoms with van der Waals surface area (Å²) < 4.78 is 2.58. The second-order valence-electron chi connectivity index (χ2n) is 6.58. The molecule has 2 aromatic heterocycles. The molecule has 0 radical (unpaired) electrons. The van der Waals surface area contributed by atoms with E-state index in [9.17, 15) is 14.4 Å². The Morgan fingerprint density at radius 2 is 1.88 bits per heavy atom. The molecule has 2 rings (SSSR count). The maximum Gasteiger partial charge on any atom is 0.332 e. The van der Waals surface area contributed by atoms with Crippen LogP contribution >= 0.6 is 11.8 Å². The van der Waals surface area contributed by atoms with Crippen LogP contribution in [-0.4, -0.2) is 36.8 Å². The average molecular weight is 379 g/mol. The highest BCUT2D eigenvalue weighted by molar-refractivity contribution is 8.00. The van der Waals surface area contributed by atoms with E-state index >= 15 is 0 Å². The molecule has 0 aromatic carbocycles. The summed E-state index contributed by atoms with van der Waals surface area (Å²) in [5.41, 5.74) is -0.525. The minimum atomic E-state index is -0.449. The summed E-state index contributed by atoms with van der Waals surface area (Å²) in [6, 6.07) is 0. The lowest BCUT2D eigenvalue weighted by Crippen LogP contribution is -2.40. The zero-order valence-electron chi connectivity index (χ0n) is 16.0. The molecule has 0 spiro atoms. The normalized spacial score (nSPS) is 12.6. The maximum atomic E-state index is 12.8. The number of carbonyl (C=O) groups is 1. The van der Waals surface area contributed by atoms with Crippen LogP contribution in [0.3, 0.4) is 0 Å². The standard InChI is InChI=1S/C17H25N5O3S/c1-7-18-14(23)10(4)26-15-12-13(19-11(5)20-15)22(8-9(2)3)17(25)21(6)16(12)24/h9-10H,7-8H2,1-6H3,(H,18,23). The van der Waals surface area contributed by atoms with Crippen molar-refractivity contribution in [3.63, 3.8) is 0 Å². The molecule has 0 aliphatic carbocycles. The van der Waals surface area contributed by atoms with E-state index in [4.69, 9.17) is 0 Å². The van der Waals surface area contributed by atoms with Gasteiger partial charge >= 0.3 is 5.69 Å². The zero-order valence-corrected chi connectivity index (χ0v) is 16.8. The molecule has 0 aliphatic rings. The fourth-order valence-corrected chi connectivity index (χ4v) is 3.60. The summed E-state index contributed by atoms with van der Waals surface area (Å²) in [6.45, 7) is 10.3. The first kappa shape index (κ1) is 20.2. The number of carbonyl (C=O) groups excluding carboxylic acids is 1. The molecule has 1 unspecified atom stereocenters. The van der Waals surface area contributed by atoms with E-state index in [-0.39, 0.29) is 17.2 Å². The number of hydrogen-bond donors (Lipinski definition) is 1. The van der Waals surface area contributed by atoms with Crippen molar-refractivity contribution in [3.8, 4) is 0 Å². The number of rotatable bonds is 6. The second kappa shape index (κ2) is 8.03. The maximum absolute atomic E-state index is 12.8. The third-order valence-corrected chi connectivity index (χ3v) is 4.90. The topological polar surface area (TPSA) is 98.9 Å². The second-order valence-corrected chi connectivity index (χ2v) is 7.91. The minimum Gasteiger partial charge on any atom is -0.355 e. The van der Waals surface area contributed by atoms with Crippen LogP contribution in [0.5, 0.6) is 0 Å². The van der Waals surface area contributed by atoms with Crippen molar-refractivity contribution < 1.29 is 4.79 Å². The van der Waals surface area contributed by atoms with E-state index in [1.807, 2.05) is 20.8 Å². The molecule has 2 heterocycles. The molecule has 2 aromatic rings. The Labute approximate surface area is 156 Å². The third-order valence-electron chi connectivity index (χ3n) is 3.82. The molecule has 0 fully saturated rings. The van der Waals surface area contributed by atoms with Gasteiger partial charge in [-0.05, 0) is 26.7 Å². The number of nitrogens with zero attached hydrogens (tertiary/aromatic N) is 4. The van der Waals surface area contributed by atoms with Crippen molar-refractivity contribution in [2.45, 2.75) is 51.4 Å². The van der Waals surface area contributed by atoms with Gasteiger partial charge in [0.05, 0.1) is 5.25 Å². The first-order valence-electron chi connectivity index (χ1n) is 8.59. The number of fused-ring (bicyclic) bond motifs is 1. The van der Waals surface area contributed by atoms with E-state index in [2.05, 4.69) is 15.3 Å². The summed E-state index contributed by atoms with van der Waals surface area (Å²) in [5, 5.41) is 3.03. The fraction of sp³-hybridized carbons (Fsp3) is 0.588. The van der Waals surface area contributed by atoms with E-state index in [1.165, 1.54) is 23.4 Å². The van der Waals surface area contributed by atoms with Crippen LogP contribution in [0.15, 0.2) is 14.6 Å². The van der Waals surface area contributed by atoms with Gasteiger partial charge in [0, 0.05) is 20.1 Å². The molecule has 1 atom stereocenters. The lowest BCUT2D eigenvalue weighted by atomic mass is 10.2. The molecule has 0 bridgehead atoms. The quantitative estimate of drug-likeness (QED) is 0.595. The van der Waals surface area contributed by atoms with Gasteiger partial charge in [0.25, 0.3) is 5.56 Å². The van der Waals surface area contributed by atoms with Crippen LogP contribution in [0.1, 0.15) is 33.5 Å². The summed E-state index contributed by atoms with van der Waals surface area (Å²) >= 11 is 1.20. The lowest BCUT2D eigenvalue weighted by Gasteiger charge is -2.16. The van der Waals surface area contributed by atoms with Crippen LogP contribution in [0.2, 0.25) is 0 Å². The summed E-state index contributed by atoms with van der Waals surface area (Å²) in [6.07, 6.45) is 0. The van der Waals surface area contributed by atoms with Crippen LogP contribution in [0.4, 0.5) is 0 Å². The number of aromatic nitrogens is 4. The SMILES string of the molecule is CCNC(=O)C(C)Sc1nc(C)nc2c1c(=O)n(C)c(=O)n2CC(C)C. The van der Waals surface area contributed by atoms with Crippen molar-refractivity contribution in [2.24, 2.45) is 13.0 Å². The molecule has 1 N–H and O–H groups in total. The number of amides is 1. The van der Waals surface area contributed by atoms with Crippen LogP contribution in [0, 0.1) is 12.8 Å². The van der Waals surface area contributed by atoms with Crippen molar-refractivity contribution >= 4 is 28.7 Å². The van der Waals surface area contributed by atoms with E-state index in [0.29, 0.717) is 29.6 Å². The molecule has 0 saturated carbocycles. The Kier molecular flexibility index (Phi) is 6.22. The van der Waals surface area contributed by atoms with Gasteiger partial charge in [-0.2, -0.15) is 0 Å². The molecule has 8 nitrogen and oxygen atoms in total. The summed E-state index contributed by atoms with van der Waals surface area (Å²) in [4.78, 5) is 46.1. The van der Waals surface area contributed by atoms with Gasteiger partial charge in [-0.1, -0.05) is 25.6 Å². The van der Waals surface area contributed by atoms with Gasteiger partial charge < -0.3 is 5.32 Å². The Morgan fingerprint density at radius 1 is 1.23 bits per heavy atom. The van der Waals surface area contributed by atoms with Crippen molar-refractivity contribution in [3.05, 3.63) is 26.7 Å². The van der Waals surface area contributed by atoms with Crippen LogP contribution in [-0.2, 0) is 18.4 Å². The Balaban J connectivity index is 2.73. The average Bonchev–Trinajstić information content (AvgIpc) is 2.56. The number of thioether (sulfide) groups is 1. The highest BCUT2D eigenvalue weighted by Crippen LogP contribution is 2.26. The molecule has 0 saturated heterocycles. The first-order valence-corrected chi connectivity index (χ1v) is 9.47. The van der Waals surface area contributed by atoms with Gasteiger partial charge in [0.15, 0.2) is 5.65 Å². The van der Waals surface area contributed by atoms with Crippen molar-refractivity contribution in [2.75, 3.05) is 6.54 Å². The fourth-order valence-electron chi connectivity index (χ4n) is 2.60. The third kappa shape index (κ3) is 3.98. The van der Waals surface area contributed by atoms with Gasteiger partial charge in [-0.25, -0.2) is 14.8 Å². The highest BCUT2D eigenvalue weighted by Gasteiger charge is 2.22. The van der Waals surface area contributed by atoms with E-state index < -0.39 is 16.5 Å². The summed E-state index contributed by atoms with van der Waals surface area (Å²) in [5.74, 6) is 0.525. The Hall–Kier alpha value is -2.16. The molecule has 1 amide bonds. The highest BCUT2D eigenvalue weighted by atomic mass is 32.2. The predicted molar refractivity (Wildman–Crippen MR) is 103 cm³/mol. The monoisotopic (exact) mass is 379 g/mol. The Bertz CT molecular complexity index is 948. The zero-order chi connectivity index (χ0) is 19.6. The minimum absolute atomic E-state index is 0.130. The van der Waals surface area contributed by atoms with Crippen LogP contribution in [0.25, 0.3) is 11.0 Å². The summed E-state index contributed by atoms with van der Waals surface area (Å²) in [7, 11) is 1.45. The molecule has 9 heteroatoms. The lowest BCUT2D eigenvalue weighted by molar-refractivity contribution is -0.120. The number of hydrogen-bond acceptors (Lipinski definition) is 6. The Morgan fingerprint density at radius 3 is 2.46 bits per heavy atom. The van der Waals surface area contributed by atoms with Gasteiger partial charge in [-0.3, -0.25) is 18.7 Å². The molecular formula is C17H25N5O3S. The largest absolute Gasteiger partial charge is 0.355 e. The van der Waals surface area contributed by atoms with E-state index in [0.717, 1.165) is 4.57 Å². The molecule has 26 heavy (non-hydrogen) atoms. The molecule has 142 valence electrons. The van der Waals surface area contributed by atoms with Gasteiger partial charge in [0.1, 0.15) is 16.2 Å². The number of aryl methyl sites for hydroxylation is 1. The van der Waals surface area contributed by atoms with Crippen molar-refractivity contribution in [1.29, 1.82) is 0 Å². The predicted octanol–water partition coefficient (Wildman–Crippen LogP) is 1.07. The van der Waals surface area contributed by atoms with Gasteiger partial charge in [-0.15, -0.1) is 0 Å². The molecule has 0 aliphatic heterocycles. The van der Waals surface area contributed by atoms with E-state index in [1.54, 1.807) is 13.8 Å². The van der Waals surface area contributed by atoms with Crippen molar-refractivity contribution in [1.82, 2.24) is 24.4 Å². The van der Waals surface area contributed by atoms with Gasteiger partial charge in [0.2, 0.25) is 5.91 Å². The first-order chi connectivity index (χ1) is 12.2. The smallest absolute Gasteiger partial charge is 0.332 e. The number of nitrogens with one attached hydrogen (secondary N) is 1. The molecular weight excluding hydrogens is 354 g/mol. The van der Waals surface area contributed by atoms with Crippen LogP contribution < -0.4 is 16.6 Å².